The normalized spacial score (nSPS) is 21.7. The number of fused-ring (bicyclic) bond motifs is 1. The van der Waals surface area contributed by atoms with E-state index >= 15 is 0 Å². The summed E-state index contributed by atoms with van der Waals surface area (Å²) in [6, 6.07) is 7.72. The fourth-order valence-corrected chi connectivity index (χ4v) is 1.51. The molecule has 1 aromatic rings. The minimum atomic E-state index is -0.0186. The van der Waals surface area contributed by atoms with Gasteiger partial charge < -0.3 is 15.2 Å². The number of para-hydroxylation sites is 2. The van der Waals surface area contributed by atoms with Crippen LogP contribution >= 0.6 is 0 Å². The maximum absolute atomic E-state index is 5.90. The summed E-state index contributed by atoms with van der Waals surface area (Å²) in [6.07, 6.45) is 0.880. The Morgan fingerprint density at radius 3 is 2.86 bits per heavy atom. The van der Waals surface area contributed by atoms with Crippen LogP contribution in [0, 0.1) is 0 Å². The highest BCUT2D eigenvalue weighted by Crippen LogP contribution is 2.31. The Morgan fingerprint density at radius 2 is 2.14 bits per heavy atom. The molecule has 0 fully saturated rings. The first-order valence-corrected chi connectivity index (χ1v) is 4.95. The summed E-state index contributed by atoms with van der Waals surface area (Å²) in [7, 11) is 0. The van der Waals surface area contributed by atoms with Gasteiger partial charge in [-0.2, -0.15) is 0 Å². The Balaban J connectivity index is 2.13. The zero-order valence-electron chi connectivity index (χ0n) is 8.27. The average Bonchev–Trinajstić information content (AvgIpc) is 2.27. The molecule has 0 bridgehead atoms. The second-order valence-corrected chi connectivity index (χ2v) is 3.49. The van der Waals surface area contributed by atoms with E-state index in [1.165, 1.54) is 0 Å². The van der Waals surface area contributed by atoms with Gasteiger partial charge in [-0.3, -0.25) is 0 Å². The molecule has 1 aliphatic heterocycles. The first-order valence-electron chi connectivity index (χ1n) is 4.95. The highest BCUT2D eigenvalue weighted by Gasteiger charge is 2.24. The zero-order chi connectivity index (χ0) is 9.97. The zero-order valence-corrected chi connectivity index (χ0v) is 8.27. The van der Waals surface area contributed by atoms with Gasteiger partial charge in [0.2, 0.25) is 0 Å². The van der Waals surface area contributed by atoms with Crippen molar-refractivity contribution in [3.05, 3.63) is 24.3 Å². The van der Waals surface area contributed by atoms with Crippen molar-refractivity contribution in [2.75, 3.05) is 6.61 Å². The molecule has 14 heavy (non-hydrogen) atoms. The summed E-state index contributed by atoms with van der Waals surface area (Å²) in [5.41, 5.74) is 5.90. The third-order valence-corrected chi connectivity index (χ3v) is 2.48. The summed E-state index contributed by atoms with van der Waals surface area (Å²) >= 11 is 0. The highest BCUT2D eigenvalue weighted by atomic mass is 16.6. The molecule has 2 N–H and O–H groups in total. The molecule has 2 rings (SSSR count). The summed E-state index contributed by atoms with van der Waals surface area (Å²) < 4.78 is 11.3. The predicted octanol–water partition coefficient (Wildman–Crippen LogP) is 1.56. The average molecular weight is 193 g/mol. The third kappa shape index (κ3) is 1.68. The Morgan fingerprint density at radius 1 is 1.43 bits per heavy atom. The van der Waals surface area contributed by atoms with Crippen LogP contribution in [-0.2, 0) is 0 Å². The Bertz CT molecular complexity index is 314. The Kier molecular flexibility index (Phi) is 2.59. The molecule has 0 aromatic heterocycles. The fraction of sp³-hybridized carbons (Fsp3) is 0.455. The molecule has 3 heteroatoms. The van der Waals surface area contributed by atoms with Crippen LogP contribution in [0.3, 0.4) is 0 Å². The number of nitrogens with two attached hydrogens (primary N) is 1. The minimum absolute atomic E-state index is 0.0186. The van der Waals surface area contributed by atoms with Gasteiger partial charge in [0.05, 0.1) is 0 Å². The van der Waals surface area contributed by atoms with Crippen LogP contribution in [0.4, 0.5) is 0 Å². The van der Waals surface area contributed by atoms with Gasteiger partial charge in [0.1, 0.15) is 12.7 Å². The molecule has 0 radical (unpaired) electrons. The fourth-order valence-electron chi connectivity index (χ4n) is 1.51. The SMILES string of the molecule is CC[C@H](N)C1COc2ccccc2O1. The largest absolute Gasteiger partial charge is 0.486 e. The van der Waals surface area contributed by atoms with Crippen LogP contribution in [0.5, 0.6) is 11.5 Å². The second kappa shape index (κ2) is 3.88. The maximum Gasteiger partial charge on any atom is 0.161 e. The van der Waals surface area contributed by atoms with E-state index < -0.39 is 0 Å². The van der Waals surface area contributed by atoms with Gasteiger partial charge in [-0.15, -0.1) is 0 Å². The van der Waals surface area contributed by atoms with Crippen LogP contribution in [0.2, 0.25) is 0 Å². The van der Waals surface area contributed by atoms with Crippen molar-refractivity contribution in [2.45, 2.75) is 25.5 Å². The van der Waals surface area contributed by atoms with Crippen molar-refractivity contribution < 1.29 is 9.47 Å². The van der Waals surface area contributed by atoms with Gasteiger partial charge >= 0.3 is 0 Å². The molecule has 0 saturated heterocycles. The number of benzene rings is 1. The predicted molar refractivity (Wildman–Crippen MR) is 54.6 cm³/mol. The first-order chi connectivity index (χ1) is 6.81. The van der Waals surface area contributed by atoms with Crippen molar-refractivity contribution >= 4 is 0 Å². The topological polar surface area (TPSA) is 44.5 Å². The molecule has 76 valence electrons. The number of rotatable bonds is 2. The van der Waals surface area contributed by atoms with Crippen LogP contribution in [-0.4, -0.2) is 18.8 Å². The van der Waals surface area contributed by atoms with Crippen molar-refractivity contribution in [1.82, 2.24) is 0 Å². The molecule has 0 aliphatic carbocycles. The highest BCUT2D eigenvalue weighted by molar-refractivity contribution is 5.40. The molecule has 1 aliphatic rings. The van der Waals surface area contributed by atoms with Gasteiger partial charge in [0.15, 0.2) is 11.5 Å². The third-order valence-electron chi connectivity index (χ3n) is 2.48. The maximum atomic E-state index is 5.90. The lowest BCUT2D eigenvalue weighted by Crippen LogP contribution is -2.44. The molecule has 2 atom stereocenters. The van der Waals surface area contributed by atoms with Gasteiger partial charge in [-0.05, 0) is 18.6 Å². The molecule has 0 amide bonds. The Hall–Kier alpha value is -1.22. The molecule has 0 spiro atoms. The van der Waals surface area contributed by atoms with E-state index in [1.807, 2.05) is 24.3 Å². The molecule has 1 heterocycles. The molecular formula is C11H15NO2. The molecule has 1 unspecified atom stereocenters. The lowest BCUT2D eigenvalue weighted by atomic mass is 10.1. The van der Waals surface area contributed by atoms with Crippen molar-refractivity contribution in [3.8, 4) is 11.5 Å². The number of hydrogen-bond acceptors (Lipinski definition) is 3. The van der Waals surface area contributed by atoms with Crippen LogP contribution < -0.4 is 15.2 Å². The standard InChI is InChI=1S/C11H15NO2/c1-2-8(12)11-7-13-9-5-3-4-6-10(9)14-11/h3-6,8,11H,2,7,12H2,1H3/t8-,11?/m0/s1. The smallest absolute Gasteiger partial charge is 0.161 e. The van der Waals surface area contributed by atoms with E-state index in [4.69, 9.17) is 15.2 Å². The Labute approximate surface area is 83.8 Å². The summed E-state index contributed by atoms with van der Waals surface area (Å²) in [4.78, 5) is 0. The summed E-state index contributed by atoms with van der Waals surface area (Å²) in [6.45, 7) is 2.60. The lowest BCUT2D eigenvalue weighted by Gasteiger charge is -2.29. The van der Waals surface area contributed by atoms with E-state index in [2.05, 4.69) is 6.92 Å². The van der Waals surface area contributed by atoms with Crippen LogP contribution in [0.1, 0.15) is 13.3 Å². The summed E-state index contributed by atoms with van der Waals surface area (Å²) in [5.74, 6) is 1.61. The molecular weight excluding hydrogens is 178 g/mol. The van der Waals surface area contributed by atoms with Crippen LogP contribution in [0.15, 0.2) is 24.3 Å². The molecule has 1 aromatic carbocycles. The van der Waals surface area contributed by atoms with Gasteiger partial charge in [0, 0.05) is 6.04 Å². The van der Waals surface area contributed by atoms with Gasteiger partial charge in [0.25, 0.3) is 0 Å². The molecule has 3 nitrogen and oxygen atoms in total. The molecule has 0 saturated carbocycles. The minimum Gasteiger partial charge on any atom is -0.486 e. The van der Waals surface area contributed by atoms with E-state index in [0.29, 0.717) is 6.61 Å². The van der Waals surface area contributed by atoms with E-state index in [-0.39, 0.29) is 12.1 Å². The van der Waals surface area contributed by atoms with E-state index in [0.717, 1.165) is 17.9 Å². The van der Waals surface area contributed by atoms with Crippen LogP contribution in [0.25, 0.3) is 0 Å². The van der Waals surface area contributed by atoms with Gasteiger partial charge in [-0.1, -0.05) is 19.1 Å². The van der Waals surface area contributed by atoms with E-state index in [1.54, 1.807) is 0 Å². The monoisotopic (exact) mass is 193 g/mol. The quantitative estimate of drug-likeness (QED) is 0.775. The second-order valence-electron chi connectivity index (χ2n) is 3.49. The van der Waals surface area contributed by atoms with Crippen molar-refractivity contribution in [3.63, 3.8) is 0 Å². The van der Waals surface area contributed by atoms with Crippen molar-refractivity contribution in [1.29, 1.82) is 0 Å². The lowest BCUT2D eigenvalue weighted by molar-refractivity contribution is 0.0713. The number of ether oxygens (including phenoxy) is 2. The van der Waals surface area contributed by atoms with Gasteiger partial charge in [-0.25, -0.2) is 0 Å². The van der Waals surface area contributed by atoms with E-state index in [9.17, 15) is 0 Å². The van der Waals surface area contributed by atoms with Crippen molar-refractivity contribution in [2.24, 2.45) is 5.73 Å². The first kappa shape index (κ1) is 9.34. The summed E-state index contributed by atoms with van der Waals surface area (Å²) in [5, 5.41) is 0. The number of hydrogen-bond donors (Lipinski definition) is 1.